The fourth-order valence-corrected chi connectivity index (χ4v) is 1.60. The highest BCUT2D eigenvalue weighted by atomic mass is 31.0. The van der Waals surface area contributed by atoms with Gasteiger partial charge >= 0.3 is 0 Å². The highest BCUT2D eigenvalue weighted by Crippen LogP contribution is 2.24. The lowest BCUT2D eigenvalue weighted by Gasteiger charge is -2.07. The Labute approximate surface area is 118 Å². The van der Waals surface area contributed by atoms with Crippen molar-refractivity contribution in [1.29, 1.82) is 5.26 Å². The first-order valence-corrected chi connectivity index (χ1v) is 6.30. The molecule has 0 spiro atoms. The van der Waals surface area contributed by atoms with E-state index >= 15 is 0 Å². The van der Waals surface area contributed by atoms with Gasteiger partial charge in [-0.1, -0.05) is 21.4 Å². The number of pyridine rings is 1. The number of nitrogens with zero attached hydrogens (tertiary/aromatic N) is 2. The smallest absolute Gasteiger partial charge is 0.277 e. The zero-order valence-corrected chi connectivity index (χ0v) is 12.0. The van der Waals surface area contributed by atoms with Crippen molar-refractivity contribution in [3.05, 3.63) is 59.6 Å². The number of rotatable bonds is 4. The molecule has 0 amide bonds. The molecule has 0 saturated carbocycles. The lowest BCUT2D eigenvalue weighted by molar-refractivity contribution is 0.161. The monoisotopic (exact) mass is 293 g/mol. The van der Waals surface area contributed by atoms with Crippen molar-refractivity contribution in [3.8, 4) is 6.07 Å². The second kappa shape index (κ2) is 6.93. The van der Waals surface area contributed by atoms with E-state index in [9.17, 15) is 8.78 Å². The van der Waals surface area contributed by atoms with E-state index in [0.717, 1.165) is 6.08 Å². The van der Waals surface area contributed by atoms with Crippen LogP contribution in [0.2, 0.25) is 0 Å². The normalized spacial score (nSPS) is 13.6. The molecule has 0 aromatic carbocycles. The molecule has 1 aromatic heterocycles. The fraction of sp³-hybridized carbons (Fsp3) is 0.143. The summed E-state index contributed by atoms with van der Waals surface area (Å²) >= 11 is 0. The van der Waals surface area contributed by atoms with Gasteiger partial charge in [0.15, 0.2) is 0 Å². The molecule has 1 rings (SSSR count). The van der Waals surface area contributed by atoms with Crippen LogP contribution in [0.3, 0.4) is 0 Å². The highest BCUT2D eigenvalue weighted by Gasteiger charge is 2.14. The van der Waals surface area contributed by atoms with Gasteiger partial charge in [-0.3, -0.25) is 0 Å². The van der Waals surface area contributed by atoms with Crippen molar-refractivity contribution in [2.75, 3.05) is 0 Å². The van der Waals surface area contributed by atoms with Gasteiger partial charge in [0, 0.05) is 23.0 Å². The molecule has 20 heavy (non-hydrogen) atoms. The van der Waals surface area contributed by atoms with Gasteiger partial charge in [0.1, 0.15) is 11.8 Å². The summed E-state index contributed by atoms with van der Waals surface area (Å²) in [6.07, 6.45) is 6.59. The van der Waals surface area contributed by atoms with Crippen molar-refractivity contribution in [2.45, 2.75) is 12.6 Å². The van der Waals surface area contributed by atoms with Crippen LogP contribution in [-0.2, 0) is 0 Å². The highest BCUT2D eigenvalue weighted by molar-refractivity contribution is 7.18. The first-order chi connectivity index (χ1) is 9.37. The third kappa shape index (κ3) is 4.91. The average Bonchev–Trinajstić information content (AvgIpc) is 2.39. The summed E-state index contributed by atoms with van der Waals surface area (Å²) in [5.74, 6) is 0. The van der Waals surface area contributed by atoms with Crippen molar-refractivity contribution in [2.24, 2.45) is 5.73 Å². The van der Waals surface area contributed by atoms with Crippen LogP contribution in [0.25, 0.3) is 5.57 Å². The molecule has 0 bridgehead atoms. The van der Waals surface area contributed by atoms with Gasteiger partial charge in [-0.05, 0) is 31.2 Å². The van der Waals surface area contributed by atoms with E-state index in [4.69, 9.17) is 11.0 Å². The summed E-state index contributed by atoms with van der Waals surface area (Å²) in [5.41, 5.74) is 4.92. The largest absolute Gasteiger partial charge is 0.398 e. The van der Waals surface area contributed by atoms with Gasteiger partial charge < -0.3 is 5.73 Å². The molecular weight excluding hydrogens is 279 g/mol. The first-order valence-electron chi connectivity index (χ1n) is 5.72. The Balaban J connectivity index is 2.99. The molecule has 3 nitrogen and oxygen atoms in total. The maximum Gasteiger partial charge on any atom is 0.277 e. The molecule has 2 N–H and O–H groups in total. The molecule has 1 aromatic rings. The van der Waals surface area contributed by atoms with E-state index in [0.29, 0.717) is 22.5 Å². The third-order valence-electron chi connectivity index (χ3n) is 2.38. The van der Waals surface area contributed by atoms with Crippen molar-refractivity contribution in [1.82, 2.24) is 4.98 Å². The minimum absolute atomic E-state index is 0.300. The number of nitriles is 1. The first kappa shape index (κ1) is 16.0. The molecule has 0 aliphatic rings. The van der Waals surface area contributed by atoms with Crippen molar-refractivity contribution < 1.29 is 8.78 Å². The van der Waals surface area contributed by atoms with Crippen molar-refractivity contribution >= 4 is 14.8 Å². The second-order valence-corrected chi connectivity index (χ2v) is 4.67. The number of nitrogens with two attached hydrogens (primary N) is 1. The SMILES string of the molecule is C\C=C(/C(N)=C\C=C\C(F)(F)P)c1ccc(C#N)nc1. The lowest BCUT2D eigenvalue weighted by atomic mass is 10.0. The summed E-state index contributed by atoms with van der Waals surface area (Å²) in [6.45, 7) is 1.78. The van der Waals surface area contributed by atoms with Crippen LogP contribution in [0.15, 0.2) is 48.3 Å². The van der Waals surface area contributed by atoms with Crippen LogP contribution in [0, 0.1) is 11.3 Å². The summed E-state index contributed by atoms with van der Waals surface area (Å²) in [5, 5.41) is 8.68. The van der Waals surface area contributed by atoms with Gasteiger partial charge in [0.25, 0.3) is 5.66 Å². The van der Waals surface area contributed by atoms with Crippen LogP contribution in [0.5, 0.6) is 0 Å². The predicted octanol–water partition coefficient (Wildman–Crippen LogP) is 3.22. The molecule has 1 atom stereocenters. The van der Waals surface area contributed by atoms with Crippen LogP contribution < -0.4 is 5.73 Å². The Bertz CT molecular complexity index is 590. The van der Waals surface area contributed by atoms with Crippen LogP contribution in [0.1, 0.15) is 18.2 Å². The van der Waals surface area contributed by atoms with Gasteiger partial charge in [-0.25, -0.2) is 4.98 Å². The molecule has 1 unspecified atom stereocenters. The van der Waals surface area contributed by atoms with Gasteiger partial charge in [0.2, 0.25) is 0 Å². The molecule has 104 valence electrons. The molecular formula is C14H14F2N3P. The molecule has 0 aliphatic carbocycles. The Kier molecular flexibility index (Phi) is 5.54. The molecule has 1 heterocycles. The maximum absolute atomic E-state index is 12.6. The van der Waals surface area contributed by atoms with Gasteiger partial charge in [0.05, 0.1) is 0 Å². The van der Waals surface area contributed by atoms with Crippen LogP contribution in [0.4, 0.5) is 8.78 Å². The minimum Gasteiger partial charge on any atom is -0.398 e. The maximum atomic E-state index is 12.6. The number of allylic oxidation sites excluding steroid dienone is 5. The molecule has 6 heteroatoms. The van der Waals surface area contributed by atoms with E-state index in [2.05, 4.69) is 4.98 Å². The molecule has 0 radical (unpaired) electrons. The average molecular weight is 293 g/mol. The summed E-state index contributed by atoms with van der Waals surface area (Å²) in [4.78, 5) is 3.94. The Hall–Kier alpha value is -2.05. The number of halogens is 2. The molecule has 0 aliphatic heterocycles. The summed E-state index contributed by atoms with van der Waals surface area (Å²) in [7, 11) is 1.42. The zero-order valence-electron chi connectivity index (χ0n) is 10.8. The number of aromatic nitrogens is 1. The van der Waals surface area contributed by atoms with E-state index in [1.807, 2.05) is 6.07 Å². The molecule has 0 fully saturated rings. The lowest BCUT2D eigenvalue weighted by Crippen LogP contribution is -2.02. The van der Waals surface area contributed by atoms with Crippen molar-refractivity contribution in [3.63, 3.8) is 0 Å². The Morgan fingerprint density at radius 2 is 2.20 bits per heavy atom. The van der Waals surface area contributed by atoms with E-state index in [-0.39, 0.29) is 0 Å². The van der Waals surface area contributed by atoms with E-state index in [1.54, 1.807) is 25.1 Å². The summed E-state index contributed by atoms with van der Waals surface area (Å²) in [6, 6.07) is 5.19. The van der Waals surface area contributed by atoms with E-state index < -0.39 is 5.66 Å². The molecule has 0 saturated heterocycles. The quantitative estimate of drug-likeness (QED) is 0.685. The van der Waals surface area contributed by atoms with E-state index in [1.165, 1.54) is 27.6 Å². The summed E-state index contributed by atoms with van der Waals surface area (Å²) < 4.78 is 25.2. The Morgan fingerprint density at radius 3 is 2.65 bits per heavy atom. The Morgan fingerprint density at radius 1 is 1.50 bits per heavy atom. The predicted molar refractivity (Wildman–Crippen MR) is 78.7 cm³/mol. The topological polar surface area (TPSA) is 62.7 Å². The van der Waals surface area contributed by atoms with Gasteiger partial charge in [-0.15, -0.1) is 0 Å². The van der Waals surface area contributed by atoms with Gasteiger partial charge in [-0.2, -0.15) is 14.0 Å². The minimum atomic E-state index is -2.96. The third-order valence-corrected chi connectivity index (χ3v) is 2.58. The standard InChI is InChI=1S/C14H14F2N3P/c1-2-12(10-5-6-11(8-17)19-9-10)13(18)4-3-7-14(15,16)20/h2-7,9H,18,20H2,1H3/b7-3+,12-2-,13-4+. The number of alkyl halides is 2. The second-order valence-electron chi connectivity index (χ2n) is 3.90. The van der Waals surface area contributed by atoms with Crippen LogP contribution >= 0.6 is 9.24 Å². The number of hydrogen-bond acceptors (Lipinski definition) is 3. The zero-order chi connectivity index (χ0) is 15.2. The fourth-order valence-electron chi connectivity index (χ4n) is 1.49. The van der Waals surface area contributed by atoms with Crippen LogP contribution in [-0.4, -0.2) is 10.6 Å². The number of hydrogen-bond donors (Lipinski definition) is 1.